The molecule has 0 fully saturated rings. The first-order chi connectivity index (χ1) is 7.41. The van der Waals surface area contributed by atoms with E-state index in [1.807, 2.05) is 34.6 Å². The minimum atomic E-state index is -0.197. The summed E-state index contributed by atoms with van der Waals surface area (Å²) in [6.45, 7) is 11.7. The molecule has 0 heterocycles. The number of esters is 1. The molecule has 1 N–H and O–H groups in total. The van der Waals surface area contributed by atoms with Crippen molar-refractivity contribution < 1.29 is 14.3 Å². The molecule has 0 aromatic heterocycles. The predicted molar refractivity (Wildman–Crippen MR) is 64.4 cm³/mol. The van der Waals surface area contributed by atoms with Crippen molar-refractivity contribution in [2.75, 3.05) is 19.8 Å². The highest BCUT2D eigenvalue weighted by Gasteiger charge is 2.19. The first kappa shape index (κ1) is 15.4. The summed E-state index contributed by atoms with van der Waals surface area (Å²) >= 11 is 0. The zero-order chi connectivity index (χ0) is 12.6. The quantitative estimate of drug-likeness (QED) is 0.646. The van der Waals surface area contributed by atoms with E-state index in [0.29, 0.717) is 19.6 Å². The fraction of sp³-hybridized carbons (Fsp3) is 0.917. The molecular weight excluding hydrogens is 206 g/mol. The fourth-order valence-electron chi connectivity index (χ4n) is 1.40. The van der Waals surface area contributed by atoms with Crippen LogP contribution in [0.25, 0.3) is 0 Å². The molecule has 0 saturated heterocycles. The Kier molecular flexibility index (Phi) is 7.34. The highest BCUT2D eigenvalue weighted by atomic mass is 16.5. The van der Waals surface area contributed by atoms with Crippen LogP contribution >= 0.6 is 0 Å². The highest BCUT2D eigenvalue weighted by molar-refractivity contribution is 5.69. The smallest absolute Gasteiger partial charge is 0.307 e. The molecule has 0 aliphatic rings. The van der Waals surface area contributed by atoms with Gasteiger partial charge in [-0.25, -0.2) is 0 Å². The average Bonchev–Trinajstić information content (AvgIpc) is 2.15. The Bertz CT molecular complexity index is 204. The van der Waals surface area contributed by atoms with Crippen molar-refractivity contribution >= 4 is 5.97 Å². The molecule has 96 valence electrons. The van der Waals surface area contributed by atoms with E-state index in [9.17, 15) is 4.79 Å². The molecule has 4 nitrogen and oxygen atoms in total. The van der Waals surface area contributed by atoms with Crippen LogP contribution in [0.2, 0.25) is 0 Å². The maximum atomic E-state index is 11.2. The van der Waals surface area contributed by atoms with Gasteiger partial charge in [0.05, 0.1) is 18.6 Å². The van der Waals surface area contributed by atoms with Gasteiger partial charge in [-0.15, -0.1) is 0 Å². The van der Waals surface area contributed by atoms with E-state index in [1.165, 1.54) is 0 Å². The molecule has 0 aliphatic carbocycles. The molecule has 0 amide bonds. The molecule has 0 spiro atoms. The van der Waals surface area contributed by atoms with Crippen LogP contribution in [0, 0.1) is 0 Å². The molecular formula is C12H25NO3. The number of carbonyl (C=O) groups excluding carboxylic acids is 1. The van der Waals surface area contributed by atoms with E-state index < -0.39 is 0 Å². The van der Waals surface area contributed by atoms with Crippen LogP contribution in [0.4, 0.5) is 0 Å². The van der Waals surface area contributed by atoms with Crippen LogP contribution in [0.1, 0.15) is 41.0 Å². The Labute approximate surface area is 98.7 Å². The Morgan fingerprint density at radius 3 is 2.44 bits per heavy atom. The van der Waals surface area contributed by atoms with E-state index in [4.69, 9.17) is 9.47 Å². The lowest BCUT2D eigenvalue weighted by Crippen LogP contribution is -2.42. The van der Waals surface area contributed by atoms with E-state index in [1.54, 1.807) is 0 Å². The molecule has 1 atom stereocenters. The third-order valence-corrected chi connectivity index (χ3v) is 2.19. The van der Waals surface area contributed by atoms with Crippen molar-refractivity contribution in [3.05, 3.63) is 0 Å². The first-order valence-corrected chi connectivity index (χ1v) is 5.94. The minimum Gasteiger partial charge on any atom is -0.466 e. The summed E-state index contributed by atoms with van der Waals surface area (Å²) in [5.74, 6) is -0.156. The maximum absolute atomic E-state index is 11.2. The molecule has 4 heteroatoms. The summed E-state index contributed by atoms with van der Waals surface area (Å²) in [5, 5.41) is 3.27. The van der Waals surface area contributed by atoms with Crippen molar-refractivity contribution in [1.82, 2.24) is 5.32 Å². The summed E-state index contributed by atoms with van der Waals surface area (Å²) in [5.41, 5.74) is -0.197. The average molecular weight is 231 g/mol. The van der Waals surface area contributed by atoms with Gasteiger partial charge in [-0.05, 0) is 34.6 Å². The molecule has 1 unspecified atom stereocenters. The molecule has 0 saturated carbocycles. The van der Waals surface area contributed by atoms with Gasteiger partial charge >= 0.3 is 5.97 Å². The second-order valence-electron chi connectivity index (χ2n) is 4.48. The summed E-state index contributed by atoms with van der Waals surface area (Å²) in [6.07, 6.45) is 0.399. The van der Waals surface area contributed by atoms with Gasteiger partial charge in [0, 0.05) is 19.2 Å². The van der Waals surface area contributed by atoms with E-state index in [-0.39, 0.29) is 17.6 Å². The van der Waals surface area contributed by atoms with Gasteiger partial charge in [0.1, 0.15) is 0 Å². The van der Waals surface area contributed by atoms with Gasteiger partial charge in [0.2, 0.25) is 0 Å². The van der Waals surface area contributed by atoms with Gasteiger partial charge in [-0.1, -0.05) is 0 Å². The third kappa shape index (κ3) is 7.65. The van der Waals surface area contributed by atoms with Crippen LogP contribution in [-0.2, 0) is 14.3 Å². The lowest BCUT2D eigenvalue weighted by Gasteiger charge is -2.26. The zero-order valence-electron chi connectivity index (χ0n) is 11.1. The zero-order valence-corrected chi connectivity index (χ0v) is 11.1. The Balaban J connectivity index is 3.79. The number of hydrogen-bond donors (Lipinski definition) is 1. The van der Waals surface area contributed by atoms with Gasteiger partial charge in [0.25, 0.3) is 0 Å². The molecule has 0 bridgehead atoms. The summed E-state index contributed by atoms with van der Waals surface area (Å²) in [7, 11) is 0. The molecule has 16 heavy (non-hydrogen) atoms. The second-order valence-corrected chi connectivity index (χ2v) is 4.48. The number of ether oxygens (including phenoxy) is 2. The number of hydrogen-bond acceptors (Lipinski definition) is 4. The van der Waals surface area contributed by atoms with Crippen LogP contribution in [0.3, 0.4) is 0 Å². The number of nitrogens with one attached hydrogen (secondary N) is 1. The SMILES string of the molecule is CCOC(=O)CC(C)NCC(C)(C)OCC. The van der Waals surface area contributed by atoms with Crippen LogP contribution in [-0.4, -0.2) is 37.4 Å². The van der Waals surface area contributed by atoms with Crippen molar-refractivity contribution in [3.63, 3.8) is 0 Å². The van der Waals surface area contributed by atoms with Crippen LogP contribution < -0.4 is 5.32 Å². The highest BCUT2D eigenvalue weighted by Crippen LogP contribution is 2.07. The fourth-order valence-corrected chi connectivity index (χ4v) is 1.40. The van der Waals surface area contributed by atoms with Crippen LogP contribution in [0.5, 0.6) is 0 Å². The Morgan fingerprint density at radius 2 is 1.94 bits per heavy atom. The van der Waals surface area contributed by atoms with Crippen molar-refractivity contribution in [2.45, 2.75) is 52.7 Å². The summed E-state index contributed by atoms with van der Waals surface area (Å²) in [4.78, 5) is 11.2. The number of carbonyl (C=O) groups is 1. The van der Waals surface area contributed by atoms with Crippen molar-refractivity contribution in [1.29, 1.82) is 0 Å². The third-order valence-electron chi connectivity index (χ3n) is 2.19. The van der Waals surface area contributed by atoms with Crippen LogP contribution in [0.15, 0.2) is 0 Å². The maximum Gasteiger partial charge on any atom is 0.307 e. The molecule has 0 aromatic rings. The topological polar surface area (TPSA) is 47.6 Å². The van der Waals surface area contributed by atoms with Gasteiger partial charge in [-0.3, -0.25) is 4.79 Å². The molecule has 0 radical (unpaired) electrons. The van der Waals surface area contributed by atoms with Gasteiger partial charge in [0.15, 0.2) is 0 Å². The standard InChI is InChI=1S/C12H25NO3/c1-6-15-11(14)8-10(3)13-9-12(4,5)16-7-2/h10,13H,6-9H2,1-5H3. The minimum absolute atomic E-state index is 0.110. The predicted octanol–water partition coefficient (Wildman–Crippen LogP) is 1.73. The Hall–Kier alpha value is -0.610. The summed E-state index contributed by atoms with van der Waals surface area (Å²) < 4.78 is 10.4. The molecule has 0 aromatic carbocycles. The second kappa shape index (κ2) is 7.63. The van der Waals surface area contributed by atoms with E-state index in [0.717, 1.165) is 6.54 Å². The lowest BCUT2D eigenvalue weighted by molar-refractivity contribution is -0.143. The molecule has 0 rings (SSSR count). The monoisotopic (exact) mass is 231 g/mol. The first-order valence-electron chi connectivity index (χ1n) is 5.94. The van der Waals surface area contributed by atoms with Crippen molar-refractivity contribution in [2.24, 2.45) is 0 Å². The Morgan fingerprint density at radius 1 is 1.31 bits per heavy atom. The molecule has 0 aliphatic heterocycles. The van der Waals surface area contributed by atoms with Crippen molar-refractivity contribution in [3.8, 4) is 0 Å². The summed E-state index contributed by atoms with van der Waals surface area (Å²) in [6, 6.07) is 0.110. The lowest BCUT2D eigenvalue weighted by atomic mass is 10.1. The van der Waals surface area contributed by atoms with E-state index >= 15 is 0 Å². The van der Waals surface area contributed by atoms with E-state index in [2.05, 4.69) is 5.32 Å². The normalized spacial score (nSPS) is 13.6. The van der Waals surface area contributed by atoms with Gasteiger partial charge < -0.3 is 14.8 Å². The van der Waals surface area contributed by atoms with Gasteiger partial charge in [-0.2, -0.15) is 0 Å². The number of rotatable bonds is 8. The largest absolute Gasteiger partial charge is 0.466 e.